The van der Waals surface area contributed by atoms with E-state index in [-0.39, 0.29) is 0 Å². The van der Waals surface area contributed by atoms with Crippen molar-refractivity contribution in [1.29, 1.82) is 0 Å². The van der Waals surface area contributed by atoms with Crippen LogP contribution in [0.5, 0.6) is 0 Å². The van der Waals surface area contributed by atoms with Gasteiger partial charge in [0.15, 0.2) is 0 Å². The summed E-state index contributed by atoms with van der Waals surface area (Å²) >= 11 is 0. The molecule has 3 N–H and O–H groups in total. The lowest BCUT2D eigenvalue weighted by Crippen LogP contribution is -2.43. The van der Waals surface area contributed by atoms with Gasteiger partial charge in [0.25, 0.3) is 0 Å². The lowest BCUT2D eigenvalue weighted by molar-refractivity contribution is 0.534. The zero-order valence-corrected chi connectivity index (χ0v) is 13.5. The Labute approximate surface area is 129 Å². The fourth-order valence-corrected chi connectivity index (χ4v) is 2.61. The second-order valence-electron chi connectivity index (χ2n) is 5.99. The second-order valence-corrected chi connectivity index (χ2v) is 5.99. The Morgan fingerprint density at radius 2 is 1.43 bits per heavy atom. The number of benzene rings is 1. The number of anilines is 1. The molecule has 3 rings (SSSR count). The Hall–Kier alpha value is -1.10. The van der Waals surface area contributed by atoms with Crippen LogP contribution < -0.4 is 20.9 Å². The van der Waals surface area contributed by atoms with Gasteiger partial charge in [0.05, 0.1) is 0 Å². The van der Waals surface area contributed by atoms with Gasteiger partial charge < -0.3 is 20.9 Å². The Morgan fingerprint density at radius 1 is 0.857 bits per heavy atom. The molecule has 2 saturated heterocycles. The van der Waals surface area contributed by atoms with Gasteiger partial charge in [0, 0.05) is 58.0 Å². The Bertz CT molecular complexity index is 384. The van der Waals surface area contributed by atoms with E-state index in [1.54, 1.807) is 0 Å². The van der Waals surface area contributed by atoms with Crippen molar-refractivity contribution in [2.75, 3.05) is 57.3 Å². The van der Waals surface area contributed by atoms with Crippen LogP contribution in [0.2, 0.25) is 0 Å². The van der Waals surface area contributed by atoms with Gasteiger partial charge in [-0.05, 0) is 23.6 Å². The SMILES string of the molecule is C1CNCCN1.CC(C)c1cccc(N2CCNCC2)c1. The van der Waals surface area contributed by atoms with E-state index >= 15 is 0 Å². The van der Waals surface area contributed by atoms with Gasteiger partial charge >= 0.3 is 0 Å². The molecular weight excluding hydrogens is 260 g/mol. The van der Waals surface area contributed by atoms with Gasteiger partial charge in [-0.25, -0.2) is 0 Å². The van der Waals surface area contributed by atoms with Crippen LogP contribution in [0, 0.1) is 0 Å². The molecule has 118 valence electrons. The fourth-order valence-electron chi connectivity index (χ4n) is 2.61. The maximum atomic E-state index is 3.38. The molecule has 2 aliphatic rings. The summed E-state index contributed by atoms with van der Waals surface area (Å²) in [6.07, 6.45) is 0. The van der Waals surface area contributed by atoms with Gasteiger partial charge in [0.2, 0.25) is 0 Å². The summed E-state index contributed by atoms with van der Waals surface area (Å²) < 4.78 is 0. The maximum absolute atomic E-state index is 3.38. The molecule has 0 amide bonds. The van der Waals surface area contributed by atoms with Gasteiger partial charge in [-0.15, -0.1) is 0 Å². The van der Waals surface area contributed by atoms with Crippen LogP contribution in [0.25, 0.3) is 0 Å². The largest absolute Gasteiger partial charge is 0.369 e. The monoisotopic (exact) mass is 290 g/mol. The molecule has 0 aliphatic carbocycles. The van der Waals surface area contributed by atoms with E-state index in [0.29, 0.717) is 5.92 Å². The van der Waals surface area contributed by atoms with Crippen LogP contribution in [-0.4, -0.2) is 52.4 Å². The second kappa shape index (κ2) is 9.03. The number of nitrogens with one attached hydrogen (secondary N) is 3. The highest BCUT2D eigenvalue weighted by molar-refractivity contribution is 5.49. The molecule has 1 aromatic rings. The minimum Gasteiger partial charge on any atom is -0.369 e. The average Bonchev–Trinajstić information content (AvgIpc) is 2.58. The first-order valence-electron chi connectivity index (χ1n) is 8.24. The molecule has 2 fully saturated rings. The fraction of sp³-hybridized carbons (Fsp3) is 0.647. The molecule has 0 spiro atoms. The molecule has 0 atom stereocenters. The maximum Gasteiger partial charge on any atom is 0.0369 e. The van der Waals surface area contributed by atoms with E-state index in [9.17, 15) is 0 Å². The number of piperazine rings is 2. The van der Waals surface area contributed by atoms with Crippen molar-refractivity contribution in [3.63, 3.8) is 0 Å². The summed E-state index contributed by atoms with van der Waals surface area (Å²) in [6, 6.07) is 8.94. The van der Waals surface area contributed by atoms with Crippen LogP contribution >= 0.6 is 0 Å². The van der Waals surface area contributed by atoms with Crippen molar-refractivity contribution in [2.45, 2.75) is 19.8 Å². The van der Waals surface area contributed by atoms with Crippen LogP contribution in [-0.2, 0) is 0 Å². The summed E-state index contributed by atoms with van der Waals surface area (Å²) in [5, 5.41) is 9.82. The van der Waals surface area contributed by atoms with E-state index in [0.717, 1.165) is 52.4 Å². The first-order valence-corrected chi connectivity index (χ1v) is 8.24. The smallest absolute Gasteiger partial charge is 0.0369 e. The van der Waals surface area contributed by atoms with Crippen molar-refractivity contribution >= 4 is 5.69 Å². The van der Waals surface area contributed by atoms with Gasteiger partial charge in [-0.2, -0.15) is 0 Å². The zero-order valence-electron chi connectivity index (χ0n) is 13.5. The summed E-state index contributed by atoms with van der Waals surface area (Å²) in [5.41, 5.74) is 2.81. The summed E-state index contributed by atoms with van der Waals surface area (Å²) in [7, 11) is 0. The third kappa shape index (κ3) is 5.65. The van der Waals surface area contributed by atoms with Crippen molar-refractivity contribution in [3.05, 3.63) is 29.8 Å². The molecule has 0 aromatic heterocycles. The van der Waals surface area contributed by atoms with Crippen LogP contribution in [0.3, 0.4) is 0 Å². The van der Waals surface area contributed by atoms with Crippen molar-refractivity contribution in [2.24, 2.45) is 0 Å². The van der Waals surface area contributed by atoms with Gasteiger partial charge in [-0.1, -0.05) is 26.0 Å². The number of hydrogen-bond acceptors (Lipinski definition) is 4. The molecule has 0 unspecified atom stereocenters. The lowest BCUT2D eigenvalue weighted by atomic mass is 10.0. The third-order valence-corrected chi connectivity index (χ3v) is 3.98. The molecule has 4 nitrogen and oxygen atoms in total. The number of rotatable bonds is 2. The first-order chi connectivity index (χ1) is 10.3. The Balaban J connectivity index is 0.000000225. The van der Waals surface area contributed by atoms with Crippen LogP contribution in [0.15, 0.2) is 24.3 Å². The highest BCUT2D eigenvalue weighted by Gasteiger charge is 2.10. The normalized spacial score (nSPS) is 19.1. The standard InChI is InChI=1S/C13H20N2.C4H10N2/c1-11(2)12-4-3-5-13(10-12)15-8-6-14-7-9-15;1-2-6-4-3-5-1/h3-5,10-11,14H,6-9H2,1-2H3;5-6H,1-4H2. The Morgan fingerprint density at radius 3 is 1.95 bits per heavy atom. The molecule has 4 heteroatoms. The molecule has 0 saturated carbocycles. The van der Waals surface area contributed by atoms with Crippen molar-refractivity contribution in [1.82, 2.24) is 16.0 Å². The third-order valence-electron chi connectivity index (χ3n) is 3.98. The quantitative estimate of drug-likeness (QED) is 0.770. The van der Waals surface area contributed by atoms with Gasteiger partial charge in [0.1, 0.15) is 0 Å². The molecular formula is C17H30N4. The first kappa shape index (κ1) is 16.3. The van der Waals surface area contributed by atoms with E-state index < -0.39 is 0 Å². The zero-order chi connectivity index (χ0) is 14.9. The van der Waals surface area contributed by atoms with Crippen LogP contribution in [0.1, 0.15) is 25.3 Å². The topological polar surface area (TPSA) is 39.3 Å². The van der Waals surface area contributed by atoms with E-state index in [2.05, 4.69) is 59.0 Å². The van der Waals surface area contributed by atoms with E-state index in [1.807, 2.05) is 0 Å². The van der Waals surface area contributed by atoms with Gasteiger partial charge in [-0.3, -0.25) is 0 Å². The highest BCUT2D eigenvalue weighted by atomic mass is 15.2. The number of nitrogens with zero attached hydrogens (tertiary/aromatic N) is 1. The molecule has 2 aliphatic heterocycles. The predicted molar refractivity (Wildman–Crippen MR) is 91.4 cm³/mol. The minimum atomic E-state index is 0.618. The van der Waals surface area contributed by atoms with E-state index in [1.165, 1.54) is 11.3 Å². The van der Waals surface area contributed by atoms with Crippen molar-refractivity contribution in [3.8, 4) is 0 Å². The lowest BCUT2D eigenvalue weighted by Gasteiger charge is -2.30. The molecule has 2 heterocycles. The van der Waals surface area contributed by atoms with Crippen LogP contribution in [0.4, 0.5) is 5.69 Å². The highest BCUT2D eigenvalue weighted by Crippen LogP contribution is 2.21. The Kier molecular flexibility index (Phi) is 7.00. The molecule has 0 radical (unpaired) electrons. The van der Waals surface area contributed by atoms with Crippen molar-refractivity contribution < 1.29 is 0 Å². The molecule has 1 aromatic carbocycles. The summed E-state index contributed by atoms with van der Waals surface area (Å²) in [6.45, 7) is 13.5. The van der Waals surface area contributed by atoms with E-state index in [4.69, 9.17) is 0 Å². The number of hydrogen-bond donors (Lipinski definition) is 3. The summed E-state index contributed by atoms with van der Waals surface area (Å²) in [5.74, 6) is 0.618. The summed E-state index contributed by atoms with van der Waals surface area (Å²) in [4.78, 5) is 2.46. The molecule has 21 heavy (non-hydrogen) atoms. The predicted octanol–water partition coefficient (Wildman–Crippen LogP) is 1.40. The average molecular weight is 290 g/mol. The minimum absolute atomic E-state index is 0.618. The molecule has 0 bridgehead atoms.